The van der Waals surface area contributed by atoms with Crippen LogP contribution < -0.4 is 0 Å². The van der Waals surface area contributed by atoms with Crippen molar-refractivity contribution < 1.29 is 9.32 Å². The number of hydrogen-bond acceptors (Lipinski definition) is 5. The molecule has 1 saturated carbocycles. The van der Waals surface area contributed by atoms with Gasteiger partial charge >= 0.3 is 0 Å². The first kappa shape index (κ1) is 13.2. The van der Waals surface area contributed by atoms with Gasteiger partial charge < -0.3 is 9.42 Å². The molecule has 3 fully saturated rings. The first-order valence-electron chi connectivity index (χ1n) is 8.04. The lowest BCUT2D eigenvalue weighted by Gasteiger charge is -2.44. The Morgan fingerprint density at radius 2 is 2.05 bits per heavy atom. The minimum atomic E-state index is -0.296. The van der Waals surface area contributed by atoms with Crippen molar-refractivity contribution in [1.82, 2.24) is 19.9 Å². The molecule has 0 N–H and O–H groups in total. The number of nitrogens with zero attached hydrogens (tertiary/aromatic N) is 4. The largest absolute Gasteiger partial charge is 0.340 e. The summed E-state index contributed by atoms with van der Waals surface area (Å²) < 4.78 is 5.06. The molecule has 3 heterocycles. The quantitative estimate of drug-likeness (QED) is 0.844. The second kappa shape index (κ2) is 4.80. The zero-order valence-electron chi connectivity index (χ0n) is 12.5. The maximum absolute atomic E-state index is 13.1. The van der Waals surface area contributed by atoms with Crippen LogP contribution in [0.5, 0.6) is 0 Å². The standard InChI is InChI=1S/C15H22N4O2/c1-11-16-13(17-21-11)10-18-8-2-6-15(18)7-3-9-19(14(15)20)12-4-5-12/h12H,2-10H2,1H3. The Bertz CT molecular complexity index is 554. The van der Waals surface area contributed by atoms with E-state index in [1.165, 1.54) is 12.8 Å². The second-order valence-electron chi connectivity index (χ2n) is 6.62. The summed E-state index contributed by atoms with van der Waals surface area (Å²) in [6.45, 7) is 4.33. The van der Waals surface area contributed by atoms with E-state index in [0.29, 0.717) is 30.2 Å². The molecule has 114 valence electrons. The third-order valence-corrected chi connectivity index (χ3v) is 5.16. The van der Waals surface area contributed by atoms with Crippen LogP contribution in [0.4, 0.5) is 0 Å². The van der Waals surface area contributed by atoms with Crippen LogP contribution in [0.3, 0.4) is 0 Å². The maximum atomic E-state index is 13.1. The van der Waals surface area contributed by atoms with E-state index in [1.54, 1.807) is 6.92 Å². The molecule has 1 spiro atoms. The van der Waals surface area contributed by atoms with Gasteiger partial charge in [0.25, 0.3) is 0 Å². The van der Waals surface area contributed by atoms with E-state index in [-0.39, 0.29) is 5.54 Å². The summed E-state index contributed by atoms with van der Waals surface area (Å²) in [6.07, 6.45) is 6.53. The van der Waals surface area contributed by atoms with Crippen LogP contribution in [-0.2, 0) is 11.3 Å². The van der Waals surface area contributed by atoms with Gasteiger partial charge in [-0.25, -0.2) is 0 Å². The monoisotopic (exact) mass is 290 g/mol. The third-order valence-electron chi connectivity index (χ3n) is 5.16. The van der Waals surface area contributed by atoms with Gasteiger partial charge in [0, 0.05) is 19.5 Å². The van der Waals surface area contributed by atoms with Gasteiger partial charge in [-0.05, 0) is 45.1 Å². The van der Waals surface area contributed by atoms with Crippen LogP contribution in [0.1, 0.15) is 50.2 Å². The molecule has 6 heteroatoms. The summed E-state index contributed by atoms with van der Waals surface area (Å²) in [6, 6.07) is 0.518. The molecule has 0 bridgehead atoms. The topological polar surface area (TPSA) is 62.5 Å². The maximum Gasteiger partial charge on any atom is 0.243 e. The lowest BCUT2D eigenvalue weighted by molar-refractivity contribution is -0.148. The Morgan fingerprint density at radius 3 is 2.71 bits per heavy atom. The molecule has 4 rings (SSSR count). The van der Waals surface area contributed by atoms with Crippen LogP contribution in [0.2, 0.25) is 0 Å². The minimum Gasteiger partial charge on any atom is -0.340 e. The summed E-state index contributed by atoms with van der Waals surface area (Å²) in [5.74, 6) is 1.65. The molecule has 2 saturated heterocycles. The highest BCUT2D eigenvalue weighted by molar-refractivity contribution is 5.88. The van der Waals surface area contributed by atoms with Crippen LogP contribution in [0.15, 0.2) is 4.52 Å². The Hall–Kier alpha value is -1.43. The zero-order valence-corrected chi connectivity index (χ0v) is 12.5. The fourth-order valence-electron chi connectivity index (χ4n) is 4.02. The molecule has 1 aliphatic carbocycles. The number of carbonyl (C=O) groups is 1. The number of piperidine rings is 1. The van der Waals surface area contributed by atoms with E-state index in [1.807, 2.05) is 0 Å². The SMILES string of the molecule is Cc1nc(CN2CCCC23CCCN(C2CC2)C3=O)no1. The lowest BCUT2D eigenvalue weighted by atomic mass is 9.85. The van der Waals surface area contributed by atoms with Crippen molar-refractivity contribution in [2.45, 2.75) is 63.6 Å². The molecule has 0 aromatic carbocycles. The number of carbonyl (C=O) groups excluding carboxylic acids is 1. The Labute approximate surface area is 124 Å². The van der Waals surface area contributed by atoms with Crippen molar-refractivity contribution in [1.29, 1.82) is 0 Å². The van der Waals surface area contributed by atoms with Crippen molar-refractivity contribution in [2.24, 2.45) is 0 Å². The highest BCUT2D eigenvalue weighted by atomic mass is 16.5. The number of likely N-dealkylation sites (tertiary alicyclic amines) is 2. The molecule has 21 heavy (non-hydrogen) atoms. The van der Waals surface area contributed by atoms with Crippen LogP contribution in [0.25, 0.3) is 0 Å². The number of aryl methyl sites for hydroxylation is 1. The van der Waals surface area contributed by atoms with Gasteiger partial charge in [0.05, 0.1) is 6.54 Å². The van der Waals surface area contributed by atoms with Gasteiger partial charge in [-0.1, -0.05) is 5.16 Å². The molecule has 0 radical (unpaired) electrons. The molecular formula is C15H22N4O2. The first-order chi connectivity index (χ1) is 10.2. The predicted octanol–water partition coefficient (Wildman–Crippen LogP) is 1.50. The first-order valence-corrected chi connectivity index (χ1v) is 8.04. The number of amides is 1. The predicted molar refractivity (Wildman–Crippen MR) is 75.4 cm³/mol. The zero-order chi connectivity index (χ0) is 14.4. The average Bonchev–Trinajstić information content (AvgIpc) is 3.12. The Kier molecular flexibility index (Phi) is 3.03. The van der Waals surface area contributed by atoms with E-state index in [0.717, 1.165) is 38.8 Å². The summed E-state index contributed by atoms with van der Waals surface area (Å²) in [5.41, 5.74) is -0.296. The van der Waals surface area contributed by atoms with E-state index < -0.39 is 0 Å². The highest BCUT2D eigenvalue weighted by Gasteiger charge is 2.53. The van der Waals surface area contributed by atoms with E-state index >= 15 is 0 Å². The van der Waals surface area contributed by atoms with Crippen molar-refractivity contribution in [3.8, 4) is 0 Å². The molecule has 2 aliphatic heterocycles. The van der Waals surface area contributed by atoms with Crippen molar-refractivity contribution >= 4 is 5.91 Å². The fraction of sp³-hybridized carbons (Fsp3) is 0.800. The molecular weight excluding hydrogens is 268 g/mol. The van der Waals surface area contributed by atoms with E-state index in [2.05, 4.69) is 19.9 Å². The van der Waals surface area contributed by atoms with Gasteiger partial charge in [-0.2, -0.15) is 4.98 Å². The van der Waals surface area contributed by atoms with Gasteiger partial charge in [0.1, 0.15) is 5.54 Å². The number of hydrogen-bond donors (Lipinski definition) is 0. The van der Waals surface area contributed by atoms with Crippen LogP contribution >= 0.6 is 0 Å². The molecule has 1 unspecified atom stereocenters. The van der Waals surface area contributed by atoms with Crippen LogP contribution in [-0.4, -0.2) is 50.5 Å². The summed E-state index contributed by atoms with van der Waals surface area (Å²) in [7, 11) is 0. The van der Waals surface area contributed by atoms with Gasteiger partial charge in [0.15, 0.2) is 5.82 Å². The molecule has 1 amide bonds. The number of rotatable bonds is 3. The van der Waals surface area contributed by atoms with Gasteiger partial charge in [-0.3, -0.25) is 9.69 Å². The minimum absolute atomic E-state index is 0.296. The van der Waals surface area contributed by atoms with Crippen molar-refractivity contribution in [3.63, 3.8) is 0 Å². The molecule has 1 aromatic heterocycles. The summed E-state index contributed by atoms with van der Waals surface area (Å²) in [5, 5.41) is 4.00. The number of aromatic nitrogens is 2. The average molecular weight is 290 g/mol. The molecule has 1 aromatic rings. The second-order valence-corrected chi connectivity index (χ2v) is 6.62. The fourth-order valence-corrected chi connectivity index (χ4v) is 4.02. The smallest absolute Gasteiger partial charge is 0.243 e. The molecule has 1 atom stereocenters. The van der Waals surface area contributed by atoms with Crippen molar-refractivity contribution in [3.05, 3.63) is 11.7 Å². The highest BCUT2D eigenvalue weighted by Crippen LogP contribution is 2.42. The summed E-state index contributed by atoms with van der Waals surface area (Å²) in [4.78, 5) is 21.8. The van der Waals surface area contributed by atoms with Gasteiger partial charge in [0.2, 0.25) is 11.8 Å². The molecule has 6 nitrogen and oxygen atoms in total. The Balaban J connectivity index is 1.57. The lowest BCUT2D eigenvalue weighted by Crippen LogP contribution is -2.60. The third kappa shape index (κ3) is 2.16. The normalized spacial score (nSPS) is 30.5. The van der Waals surface area contributed by atoms with Crippen molar-refractivity contribution in [2.75, 3.05) is 13.1 Å². The van der Waals surface area contributed by atoms with E-state index in [9.17, 15) is 4.79 Å². The van der Waals surface area contributed by atoms with Gasteiger partial charge in [-0.15, -0.1) is 0 Å². The van der Waals surface area contributed by atoms with E-state index in [4.69, 9.17) is 4.52 Å². The van der Waals surface area contributed by atoms with Crippen LogP contribution in [0, 0.1) is 6.92 Å². The Morgan fingerprint density at radius 1 is 1.29 bits per heavy atom. The molecule has 3 aliphatic rings. The summed E-state index contributed by atoms with van der Waals surface area (Å²) >= 11 is 0.